The Kier molecular flexibility index (Phi) is 6.26. The summed E-state index contributed by atoms with van der Waals surface area (Å²) in [6.07, 6.45) is 8.45. The fraction of sp³-hybridized carbons (Fsp3) is 0.185. The monoisotopic (exact) mass is 430 g/mol. The molecular weight excluding hydrogens is 406 g/mol. The van der Waals surface area contributed by atoms with Gasteiger partial charge in [-0.2, -0.15) is 0 Å². The van der Waals surface area contributed by atoms with Crippen molar-refractivity contribution in [1.82, 2.24) is 9.55 Å². The van der Waals surface area contributed by atoms with Gasteiger partial charge < -0.3 is 4.57 Å². The second-order valence-corrected chi connectivity index (χ2v) is 7.74. The summed E-state index contributed by atoms with van der Waals surface area (Å²) in [5.74, 6) is -1.27. The summed E-state index contributed by atoms with van der Waals surface area (Å²) in [5.41, 5.74) is 4.29. The molecule has 32 heavy (non-hydrogen) atoms. The number of nitrogens with zero attached hydrogens (tertiary/aromatic N) is 2. The summed E-state index contributed by atoms with van der Waals surface area (Å²) in [4.78, 5) is 17.6. The van der Waals surface area contributed by atoms with Crippen LogP contribution >= 0.6 is 0 Å². The normalized spacial score (nSPS) is 11.5. The van der Waals surface area contributed by atoms with Gasteiger partial charge in [-0.15, -0.1) is 0 Å². The Morgan fingerprint density at radius 3 is 2.66 bits per heavy atom. The maximum absolute atomic E-state index is 14.6. The molecule has 0 aliphatic rings. The molecule has 0 saturated heterocycles. The minimum atomic E-state index is -0.630. The largest absolute Gasteiger partial charge is 0.333 e. The molecule has 0 aliphatic carbocycles. The summed E-state index contributed by atoms with van der Waals surface area (Å²) < 4.78 is 29.9. The minimum Gasteiger partial charge on any atom is -0.333 e. The molecule has 4 aromatic rings. The van der Waals surface area contributed by atoms with Crippen LogP contribution in [0.15, 0.2) is 67.0 Å². The van der Waals surface area contributed by atoms with E-state index in [2.05, 4.69) is 4.98 Å². The lowest BCUT2D eigenvalue weighted by Gasteiger charge is -2.12. The molecule has 0 N–H and O–H groups in total. The number of halogens is 2. The lowest BCUT2D eigenvalue weighted by molar-refractivity contribution is 0.0974. The summed E-state index contributed by atoms with van der Waals surface area (Å²) in [6.45, 7) is 4.03. The third-order valence-corrected chi connectivity index (χ3v) is 5.48. The average Bonchev–Trinajstić information content (AvgIpc) is 3.10. The van der Waals surface area contributed by atoms with E-state index in [0.29, 0.717) is 24.1 Å². The van der Waals surface area contributed by atoms with E-state index in [1.54, 1.807) is 12.4 Å². The Labute approximate surface area is 186 Å². The topological polar surface area (TPSA) is 34.9 Å². The molecule has 0 bridgehead atoms. The molecule has 2 aromatic heterocycles. The van der Waals surface area contributed by atoms with Gasteiger partial charge in [0.05, 0.1) is 12.2 Å². The molecule has 0 atom stereocenters. The standard InChI is InChI=1S/C27H24F2N2O/c1-3-6-18-9-12-24-22(14-18)26(19-8-5-13-30-16-19)27(25(32)7-4-2)31(24)17-20-10-11-21(28)15-23(20)29/h3,5-6,8-16H,4,7,17H2,1-2H3/b6-3-. The number of benzene rings is 2. The molecular formula is C27H24F2N2O. The Hall–Kier alpha value is -3.60. The summed E-state index contributed by atoms with van der Waals surface area (Å²) in [7, 11) is 0. The SMILES string of the molecule is C/C=C\c1ccc2c(c1)c(-c1cccnc1)c(C(=O)CCC)n2Cc1ccc(F)cc1F. The minimum absolute atomic E-state index is 0.0161. The van der Waals surface area contributed by atoms with E-state index in [1.807, 2.05) is 60.9 Å². The molecule has 0 fully saturated rings. The van der Waals surface area contributed by atoms with Crippen LogP contribution in [0.1, 0.15) is 48.3 Å². The van der Waals surface area contributed by atoms with Crippen LogP contribution in [0.5, 0.6) is 0 Å². The number of hydrogen-bond acceptors (Lipinski definition) is 2. The number of allylic oxidation sites excluding steroid dienone is 1. The lowest BCUT2D eigenvalue weighted by atomic mass is 9.99. The molecule has 0 radical (unpaired) electrons. The molecule has 0 aliphatic heterocycles. The fourth-order valence-corrected chi connectivity index (χ4v) is 4.09. The van der Waals surface area contributed by atoms with Gasteiger partial charge in [-0.3, -0.25) is 9.78 Å². The molecule has 0 saturated carbocycles. The van der Waals surface area contributed by atoms with Crippen molar-refractivity contribution >= 4 is 22.8 Å². The molecule has 2 heterocycles. The molecule has 0 spiro atoms. The van der Waals surface area contributed by atoms with Crippen molar-refractivity contribution < 1.29 is 13.6 Å². The van der Waals surface area contributed by atoms with E-state index in [9.17, 15) is 13.6 Å². The first-order chi connectivity index (χ1) is 15.5. The van der Waals surface area contributed by atoms with Crippen molar-refractivity contribution in [3.8, 4) is 11.1 Å². The molecule has 3 nitrogen and oxygen atoms in total. The highest BCUT2D eigenvalue weighted by Gasteiger charge is 2.24. The maximum atomic E-state index is 14.6. The van der Waals surface area contributed by atoms with Crippen molar-refractivity contribution in [3.05, 3.63) is 95.5 Å². The van der Waals surface area contributed by atoms with Crippen LogP contribution in [-0.2, 0) is 6.54 Å². The van der Waals surface area contributed by atoms with Gasteiger partial charge in [-0.05, 0) is 43.2 Å². The third kappa shape index (κ3) is 4.11. The highest BCUT2D eigenvalue weighted by molar-refractivity contribution is 6.11. The van der Waals surface area contributed by atoms with E-state index in [1.165, 1.54) is 12.1 Å². The number of ketones is 1. The number of rotatable bonds is 7. The molecule has 5 heteroatoms. The Bertz CT molecular complexity index is 1310. The summed E-state index contributed by atoms with van der Waals surface area (Å²) >= 11 is 0. The van der Waals surface area contributed by atoms with Gasteiger partial charge in [-0.25, -0.2) is 8.78 Å². The second-order valence-electron chi connectivity index (χ2n) is 7.74. The number of hydrogen-bond donors (Lipinski definition) is 0. The van der Waals surface area contributed by atoms with Crippen molar-refractivity contribution in [2.75, 3.05) is 0 Å². The molecule has 0 amide bonds. The highest BCUT2D eigenvalue weighted by atomic mass is 19.1. The van der Waals surface area contributed by atoms with Crippen LogP contribution in [0.2, 0.25) is 0 Å². The first-order valence-electron chi connectivity index (χ1n) is 10.7. The summed E-state index contributed by atoms with van der Waals surface area (Å²) in [5, 5.41) is 0.899. The number of Topliss-reactive ketones (excluding diaryl/α,β-unsaturated/α-hetero) is 1. The van der Waals surface area contributed by atoms with E-state index < -0.39 is 11.6 Å². The number of aromatic nitrogens is 2. The summed E-state index contributed by atoms with van der Waals surface area (Å²) in [6, 6.07) is 13.3. The van der Waals surface area contributed by atoms with Crippen LogP contribution in [0, 0.1) is 11.6 Å². The molecule has 0 unspecified atom stereocenters. The number of carbonyl (C=O) groups excluding carboxylic acids is 1. The van der Waals surface area contributed by atoms with Gasteiger partial charge in [-0.1, -0.05) is 37.3 Å². The van der Waals surface area contributed by atoms with Crippen molar-refractivity contribution in [2.24, 2.45) is 0 Å². The van der Waals surface area contributed by atoms with Gasteiger partial charge >= 0.3 is 0 Å². The zero-order valence-corrected chi connectivity index (χ0v) is 18.1. The Morgan fingerprint density at radius 1 is 1.12 bits per heavy atom. The predicted molar refractivity (Wildman–Crippen MR) is 125 cm³/mol. The zero-order valence-electron chi connectivity index (χ0n) is 18.1. The number of fused-ring (bicyclic) bond motifs is 1. The number of carbonyl (C=O) groups is 1. The van der Waals surface area contributed by atoms with Crippen molar-refractivity contribution in [1.29, 1.82) is 0 Å². The van der Waals surface area contributed by atoms with E-state index in [-0.39, 0.29) is 12.3 Å². The van der Waals surface area contributed by atoms with Crippen LogP contribution in [0.25, 0.3) is 28.1 Å². The second kappa shape index (κ2) is 9.27. The van der Waals surface area contributed by atoms with Crippen LogP contribution in [0.4, 0.5) is 8.78 Å². The van der Waals surface area contributed by atoms with Crippen LogP contribution < -0.4 is 0 Å². The first kappa shape index (κ1) is 21.6. The van der Waals surface area contributed by atoms with E-state index in [4.69, 9.17) is 0 Å². The lowest BCUT2D eigenvalue weighted by Crippen LogP contribution is -2.12. The third-order valence-electron chi connectivity index (χ3n) is 5.48. The van der Waals surface area contributed by atoms with E-state index in [0.717, 1.165) is 33.7 Å². The average molecular weight is 430 g/mol. The molecule has 4 rings (SSSR count). The van der Waals surface area contributed by atoms with Gasteiger partial charge in [0.1, 0.15) is 11.6 Å². The van der Waals surface area contributed by atoms with Crippen molar-refractivity contribution in [2.45, 2.75) is 33.2 Å². The van der Waals surface area contributed by atoms with Gasteiger partial charge in [0.2, 0.25) is 0 Å². The van der Waals surface area contributed by atoms with Gasteiger partial charge in [0.15, 0.2) is 5.78 Å². The smallest absolute Gasteiger partial charge is 0.179 e. The quantitative estimate of drug-likeness (QED) is 0.295. The van der Waals surface area contributed by atoms with Gasteiger partial charge in [0, 0.05) is 52.5 Å². The predicted octanol–water partition coefficient (Wildman–Crippen LogP) is 7.05. The van der Waals surface area contributed by atoms with Crippen LogP contribution in [-0.4, -0.2) is 15.3 Å². The Morgan fingerprint density at radius 2 is 1.97 bits per heavy atom. The van der Waals surface area contributed by atoms with Crippen molar-refractivity contribution in [3.63, 3.8) is 0 Å². The Balaban J connectivity index is 2.04. The maximum Gasteiger partial charge on any atom is 0.179 e. The molecule has 162 valence electrons. The first-order valence-corrected chi connectivity index (χ1v) is 10.7. The van der Waals surface area contributed by atoms with Crippen LogP contribution in [0.3, 0.4) is 0 Å². The van der Waals surface area contributed by atoms with Gasteiger partial charge in [0.25, 0.3) is 0 Å². The molecule has 2 aromatic carbocycles. The highest BCUT2D eigenvalue weighted by Crippen LogP contribution is 2.37. The zero-order chi connectivity index (χ0) is 22.7. The fourth-order valence-electron chi connectivity index (χ4n) is 4.09. The van der Waals surface area contributed by atoms with E-state index >= 15 is 0 Å². The number of pyridine rings is 1.